The van der Waals surface area contributed by atoms with Crippen LogP contribution in [0.25, 0.3) is 0 Å². The van der Waals surface area contributed by atoms with Crippen molar-refractivity contribution in [2.24, 2.45) is 0 Å². The Morgan fingerprint density at radius 3 is 2.71 bits per heavy atom. The second-order valence-corrected chi connectivity index (χ2v) is 6.23. The highest BCUT2D eigenvalue weighted by molar-refractivity contribution is 7.89. The average Bonchev–Trinajstić information content (AvgIpc) is 3.06. The first-order chi connectivity index (χ1) is 9.97. The van der Waals surface area contributed by atoms with E-state index in [2.05, 4.69) is 14.4 Å². The number of sulfonamides is 1. The number of rotatable bonds is 7. The summed E-state index contributed by atoms with van der Waals surface area (Å²) in [5.41, 5.74) is 0.298. The summed E-state index contributed by atoms with van der Waals surface area (Å²) in [5.74, 6) is 1.29. The molecule has 0 aromatic carbocycles. The van der Waals surface area contributed by atoms with Gasteiger partial charge in [0.2, 0.25) is 10.0 Å². The number of nitrogens with zero attached hydrogens (tertiary/aromatic N) is 1. The molecular formula is C13H18N2O5S. The predicted molar refractivity (Wildman–Crippen MR) is 74.3 cm³/mol. The summed E-state index contributed by atoms with van der Waals surface area (Å²) >= 11 is 0. The molecule has 0 amide bonds. The highest BCUT2D eigenvalue weighted by Crippen LogP contribution is 2.21. The molecule has 116 valence electrons. The molecule has 2 heterocycles. The SMILES string of the molecule is CCc1ccc([C@H](COC)NS(=O)(=O)c2conc2C)o1. The van der Waals surface area contributed by atoms with Crippen LogP contribution in [0, 0.1) is 6.92 Å². The van der Waals surface area contributed by atoms with E-state index in [9.17, 15) is 8.42 Å². The molecule has 2 rings (SSSR count). The van der Waals surface area contributed by atoms with E-state index in [1.165, 1.54) is 7.11 Å². The molecule has 0 aliphatic heterocycles. The normalized spacial score (nSPS) is 13.5. The fraction of sp³-hybridized carbons (Fsp3) is 0.462. The number of methoxy groups -OCH3 is 1. The van der Waals surface area contributed by atoms with Crippen molar-refractivity contribution in [1.29, 1.82) is 0 Å². The number of hydrogen-bond acceptors (Lipinski definition) is 6. The first-order valence-corrected chi connectivity index (χ1v) is 7.97. The van der Waals surface area contributed by atoms with E-state index in [-0.39, 0.29) is 11.5 Å². The van der Waals surface area contributed by atoms with Crippen LogP contribution in [0.5, 0.6) is 0 Å². The minimum absolute atomic E-state index is 0.00544. The monoisotopic (exact) mass is 314 g/mol. The molecule has 2 aromatic rings. The van der Waals surface area contributed by atoms with Gasteiger partial charge in [-0.1, -0.05) is 12.1 Å². The van der Waals surface area contributed by atoms with Crippen molar-refractivity contribution >= 4 is 10.0 Å². The van der Waals surface area contributed by atoms with Gasteiger partial charge in [-0.2, -0.15) is 4.72 Å². The van der Waals surface area contributed by atoms with Gasteiger partial charge in [-0.15, -0.1) is 0 Å². The Bertz CT molecular complexity index is 689. The zero-order chi connectivity index (χ0) is 15.5. The third-order valence-corrected chi connectivity index (χ3v) is 4.57. The van der Waals surface area contributed by atoms with Gasteiger partial charge >= 0.3 is 0 Å². The minimum Gasteiger partial charge on any atom is -0.464 e. The molecule has 0 radical (unpaired) electrons. The highest BCUT2D eigenvalue weighted by atomic mass is 32.2. The molecule has 21 heavy (non-hydrogen) atoms. The van der Waals surface area contributed by atoms with Crippen LogP contribution in [-0.2, 0) is 21.2 Å². The summed E-state index contributed by atoms with van der Waals surface area (Å²) in [7, 11) is -2.27. The van der Waals surface area contributed by atoms with Gasteiger partial charge in [-0.3, -0.25) is 0 Å². The fourth-order valence-electron chi connectivity index (χ4n) is 1.90. The average molecular weight is 314 g/mol. The molecule has 0 spiro atoms. The molecule has 0 saturated carbocycles. The second-order valence-electron chi connectivity index (χ2n) is 4.55. The van der Waals surface area contributed by atoms with Crippen LogP contribution in [0.1, 0.15) is 30.2 Å². The molecule has 7 nitrogen and oxygen atoms in total. The summed E-state index contributed by atoms with van der Waals surface area (Å²) < 4.78 is 42.6. The summed E-state index contributed by atoms with van der Waals surface area (Å²) in [5, 5.41) is 3.58. The van der Waals surface area contributed by atoms with Gasteiger partial charge in [-0.25, -0.2) is 8.42 Å². The summed E-state index contributed by atoms with van der Waals surface area (Å²) in [6.45, 7) is 3.67. The predicted octanol–water partition coefficient (Wildman–Crippen LogP) is 1.80. The number of furan rings is 1. The second kappa shape index (κ2) is 6.42. The Kier molecular flexibility index (Phi) is 4.81. The van der Waals surface area contributed by atoms with E-state index in [0.717, 1.165) is 18.4 Å². The molecule has 1 atom stereocenters. The Labute approximate surface area is 123 Å². The van der Waals surface area contributed by atoms with Crippen LogP contribution >= 0.6 is 0 Å². The third-order valence-electron chi connectivity index (χ3n) is 3.00. The van der Waals surface area contributed by atoms with Crippen LogP contribution in [0.3, 0.4) is 0 Å². The maximum absolute atomic E-state index is 12.3. The molecule has 8 heteroatoms. The van der Waals surface area contributed by atoms with Gasteiger partial charge in [0, 0.05) is 13.5 Å². The first-order valence-electron chi connectivity index (χ1n) is 6.48. The van der Waals surface area contributed by atoms with Crippen molar-refractivity contribution in [2.75, 3.05) is 13.7 Å². The van der Waals surface area contributed by atoms with Crippen molar-refractivity contribution in [3.05, 3.63) is 35.6 Å². The lowest BCUT2D eigenvalue weighted by Crippen LogP contribution is -2.31. The summed E-state index contributed by atoms with van der Waals surface area (Å²) in [4.78, 5) is 0.00544. The van der Waals surface area contributed by atoms with E-state index in [0.29, 0.717) is 11.5 Å². The Morgan fingerprint density at radius 2 is 2.19 bits per heavy atom. The number of aryl methyl sites for hydroxylation is 2. The Hall–Kier alpha value is -1.64. The van der Waals surface area contributed by atoms with Crippen LogP contribution in [0.4, 0.5) is 0 Å². The molecule has 0 bridgehead atoms. The lowest BCUT2D eigenvalue weighted by atomic mass is 10.2. The zero-order valence-corrected chi connectivity index (χ0v) is 12.9. The third kappa shape index (κ3) is 3.52. The van der Waals surface area contributed by atoms with Crippen molar-refractivity contribution in [2.45, 2.75) is 31.2 Å². The number of ether oxygens (including phenoxy) is 1. The van der Waals surface area contributed by atoms with E-state index in [1.54, 1.807) is 13.0 Å². The van der Waals surface area contributed by atoms with Gasteiger partial charge in [0.25, 0.3) is 0 Å². The van der Waals surface area contributed by atoms with Gasteiger partial charge in [0.15, 0.2) is 0 Å². The minimum atomic E-state index is -3.76. The molecule has 0 saturated heterocycles. The lowest BCUT2D eigenvalue weighted by molar-refractivity contribution is 0.166. The quantitative estimate of drug-likeness (QED) is 0.837. The van der Waals surface area contributed by atoms with Crippen LogP contribution in [0.15, 0.2) is 32.2 Å². The molecule has 1 N–H and O–H groups in total. The van der Waals surface area contributed by atoms with Crippen molar-refractivity contribution in [3.63, 3.8) is 0 Å². The maximum Gasteiger partial charge on any atom is 0.246 e. The Morgan fingerprint density at radius 1 is 1.43 bits per heavy atom. The number of aromatic nitrogens is 1. The van der Waals surface area contributed by atoms with E-state index in [1.807, 2.05) is 13.0 Å². The summed E-state index contributed by atoms with van der Waals surface area (Å²) in [6.07, 6.45) is 1.83. The van der Waals surface area contributed by atoms with Crippen LogP contribution in [-0.4, -0.2) is 27.3 Å². The van der Waals surface area contributed by atoms with Gasteiger partial charge in [0.1, 0.15) is 34.4 Å². The largest absolute Gasteiger partial charge is 0.464 e. The number of nitrogens with one attached hydrogen (secondary N) is 1. The molecule has 2 aromatic heterocycles. The van der Waals surface area contributed by atoms with Crippen molar-refractivity contribution < 1.29 is 22.1 Å². The Balaban J connectivity index is 2.26. The highest BCUT2D eigenvalue weighted by Gasteiger charge is 2.26. The van der Waals surface area contributed by atoms with Crippen LogP contribution in [0.2, 0.25) is 0 Å². The van der Waals surface area contributed by atoms with Gasteiger partial charge < -0.3 is 13.7 Å². The van der Waals surface area contributed by atoms with E-state index < -0.39 is 16.1 Å². The molecule has 0 aliphatic rings. The van der Waals surface area contributed by atoms with Gasteiger partial charge in [-0.05, 0) is 19.1 Å². The topological polar surface area (TPSA) is 94.6 Å². The van der Waals surface area contributed by atoms with Crippen molar-refractivity contribution in [1.82, 2.24) is 9.88 Å². The van der Waals surface area contributed by atoms with Crippen molar-refractivity contribution in [3.8, 4) is 0 Å². The van der Waals surface area contributed by atoms with E-state index in [4.69, 9.17) is 9.15 Å². The first kappa shape index (κ1) is 15.7. The molecule has 0 aliphatic carbocycles. The summed E-state index contributed by atoms with van der Waals surface area (Å²) in [6, 6.07) is 2.94. The number of hydrogen-bond donors (Lipinski definition) is 1. The van der Waals surface area contributed by atoms with E-state index >= 15 is 0 Å². The molecular weight excluding hydrogens is 296 g/mol. The molecule has 0 fully saturated rings. The lowest BCUT2D eigenvalue weighted by Gasteiger charge is -2.15. The molecule has 0 unspecified atom stereocenters. The van der Waals surface area contributed by atoms with Crippen LogP contribution < -0.4 is 4.72 Å². The smallest absolute Gasteiger partial charge is 0.246 e. The maximum atomic E-state index is 12.3. The zero-order valence-electron chi connectivity index (χ0n) is 12.1. The fourth-order valence-corrected chi connectivity index (χ4v) is 3.19. The van der Waals surface area contributed by atoms with Gasteiger partial charge in [0.05, 0.1) is 6.61 Å². The standard InChI is InChI=1S/C13H18N2O5S/c1-4-10-5-6-12(20-10)11(7-18-3)15-21(16,17)13-8-19-14-9(13)2/h5-6,8,11,15H,4,7H2,1-3H3/t11-/m0/s1.